The summed E-state index contributed by atoms with van der Waals surface area (Å²) in [5.74, 6) is -0.846. The highest BCUT2D eigenvalue weighted by atomic mass is 16.2. The molecule has 2 aromatic rings. The first-order valence-corrected chi connectivity index (χ1v) is 10.2. The van der Waals surface area contributed by atoms with Crippen molar-refractivity contribution in [2.75, 3.05) is 24.5 Å². The van der Waals surface area contributed by atoms with Gasteiger partial charge in [0.05, 0.1) is 11.6 Å². The van der Waals surface area contributed by atoms with Crippen LogP contribution >= 0.6 is 0 Å². The molecule has 0 bridgehead atoms. The van der Waals surface area contributed by atoms with Crippen LogP contribution in [0.4, 0.5) is 10.5 Å². The zero-order chi connectivity index (χ0) is 20.9. The van der Waals surface area contributed by atoms with Crippen LogP contribution in [0.3, 0.4) is 0 Å². The molecule has 0 radical (unpaired) electrons. The average molecular weight is 406 g/mol. The molecule has 3 fully saturated rings. The van der Waals surface area contributed by atoms with Crippen molar-refractivity contribution in [2.24, 2.45) is 5.92 Å². The molecule has 3 heterocycles. The zero-order valence-electron chi connectivity index (χ0n) is 16.4. The average Bonchev–Trinajstić information content (AvgIpc) is 3.26. The number of imide groups is 1. The summed E-state index contributed by atoms with van der Waals surface area (Å²) in [6.07, 6.45) is 0.939. The van der Waals surface area contributed by atoms with Gasteiger partial charge in [-0.2, -0.15) is 0 Å². The number of piperidine rings is 1. The normalized spacial score (nSPS) is 23.2. The van der Waals surface area contributed by atoms with Gasteiger partial charge in [0.15, 0.2) is 0 Å². The number of nitrogens with zero attached hydrogens (tertiary/aromatic N) is 2. The van der Waals surface area contributed by atoms with Gasteiger partial charge in [-0.05, 0) is 24.3 Å². The van der Waals surface area contributed by atoms with E-state index in [1.807, 2.05) is 42.5 Å². The van der Waals surface area contributed by atoms with Gasteiger partial charge in [-0.25, -0.2) is 4.79 Å². The highest BCUT2D eigenvalue weighted by molar-refractivity contribution is 6.08. The van der Waals surface area contributed by atoms with Crippen LogP contribution in [0, 0.1) is 5.92 Å². The van der Waals surface area contributed by atoms with Crippen LogP contribution < -0.4 is 15.5 Å². The van der Waals surface area contributed by atoms with Crippen LogP contribution in [0.2, 0.25) is 0 Å². The number of hydrogen-bond acceptors (Lipinski definition) is 4. The molecule has 0 saturated carbocycles. The number of benzene rings is 2. The molecule has 8 nitrogen and oxygen atoms in total. The molecule has 1 atom stereocenters. The first-order valence-electron chi connectivity index (χ1n) is 10.2. The summed E-state index contributed by atoms with van der Waals surface area (Å²) < 4.78 is 0. The van der Waals surface area contributed by atoms with Crippen molar-refractivity contribution in [2.45, 2.75) is 24.8 Å². The van der Waals surface area contributed by atoms with E-state index < -0.39 is 17.5 Å². The largest absolute Gasteiger partial charge is 0.342 e. The van der Waals surface area contributed by atoms with E-state index in [4.69, 9.17) is 0 Å². The van der Waals surface area contributed by atoms with Gasteiger partial charge < -0.3 is 15.1 Å². The standard InChI is InChI=1S/C22H22N4O4/c27-18-12-15(13-26(18)17-7-3-5-14-4-1-2-6-16(14)17)19(28)25-10-8-22(9-11-25)20(29)23-21(30)24-22/h1-7,15H,8-13H2,(H2,23,24,29,30). The number of amides is 5. The van der Waals surface area contributed by atoms with Gasteiger partial charge in [-0.1, -0.05) is 36.4 Å². The monoisotopic (exact) mass is 406 g/mol. The molecule has 5 rings (SSSR count). The molecule has 0 aromatic heterocycles. The van der Waals surface area contributed by atoms with Gasteiger partial charge in [0, 0.05) is 31.4 Å². The highest BCUT2D eigenvalue weighted by Gasteiger charge is 2.49. The van der Waals surface area contributed by atoms with Crippen LogP contribution in [-0.2, 0) is 14.4 Å². The minimum Gasteiger partial charge on any atom is -0.342 e. The first-order chi connectivity index (χ1) is 14.5. The van der Waals surface area contributed by atoms with Crippen molar-refractivity contribution in [3.63, 3.8) is 0 Å². The molecule has 5 amide bonds. The predicted octanol–water partition coefficient (Wildman–Crippen LogP) is 1.39. The lowest BCUT2D eigenvalue weighted by atomic mass is 9.87. The number of likely N-dealkylation sites (tertiary alicyclic amines) is 1. The van der Waals surface area contributed by atoms with Gasteiger partial charge in [0.2, 0.25) is 11.8 Å². The third kappa shape index (κ3) is 2.91. The number of hydrogen-bond donors (Lipinski definition) is 2. The van der Waals surface area contributed by atoms with E-state index >= 15 is 0 Å². The Kier molecular flexibility index (Phi) is 4.23. The second-order valence-electron chi connectivity index (χ2n) is 8.22. The van der Waals surface area contributed by atoms with Crippen molar-refractivity contribution in [3.8, 4) is 0 Å². The molecular formula is C22H22N4O4. The van der Waals surface area contributed by atoms with Crippen molar-refractivity contribution < 1.29 is 19.2 Å². The Morgan fingerprint density at radius 1 is 1.00 bits per heavy atom. The van der Waals surface area contributed by atoms with Crippen LogP contribution in [0.1, 0.15) is 19.3 Å². The Labute approximate surface area is 173 Å². The lowest BCUT2D eigenvalue weighted by Crippen LogP contribution is -2.56. The van der Waals surface area contributed by atoms with Gasteiger partial charge in [0.1, 0.15) is 5.54 Å². The van der Waals surface area contributed by atoms with E-state index in [1.165, 1.54) is 0 Å². The smallest absolute Gasteiger partial charge is 0.322 e. The van der Waals surface area contributed by atoms with Gasteiger partial charge in [-0.3, -0.25) is 19.7 Å². The third-order valence-electron chi connectivity index (χ3n) is 6.47. The topological polar surface area (TPSA) is 98.8 Å². The molecule has 3 saturated heterocycles. The van der Waals surface area contributed by atoms with Gasteiger partial charge >= 0.3 is 6.03 Å². The lowest BCUT2D eigenvalue weighted by Gasteiger charge is -2.37. The van der Waals surface area contributed by atoms with E-state index in [9.17, 15) is 19.2 Å². The second kappa shape index (κ2) is 6.83. The number of anilines is 1. The molecule has 2 aromatic carbocycles. The molecule has 154 valence electrons. The van der Waals surface area contributed by atoms with Crippen LogP contribution in [-0.4, -0.2) is 53.8 Å². The quantitative estimate of drug-likeness (QED) is 0.737. The van der Waals surface area contributed by atoms with Crippen molar-refractivity contribution >= 4 is 40.2 Å². The Morgan fingerprint density at radius 3 is 2.47 bits per heavy atom. The van der Waals surface area contributed by atoms with Gasteiger partial charge in [-0.15, -0.1) is 0 Å². The molecule has 30 heavy (non-hydrogen) atoms. The molecule has 3 aliphatic rings. The lowest BCUT2D eigenvalue weighted by molar-refractivity contribution is -0.139. The fraction of sp³-hybridized carbons (Fsp3) is 0.364. The SMILES string of the molecule is O=C1NC(=O)C2(CCN(C(=O)C3CC(=O)N(c4cccc5ccccc45)C3)CC2)N1. The number of carbonyl (C=O) groups is 4. The summed E-state index contributed by atoms with van der Waals surface area (Å²) in [5.41, 5.74) is -0.0784. The molecule has 2 N–H and O–H groups in total. The molecular weight excluding hydrogens is 384 g/mol. The summed E-state index contributed by atoms with van der Waals surface area (Å²) in [5, 5.41) is 7.02. The number of fused-ring (bicyclic) bond motifs is 1. The summed E-state index contributed by atoms with van der Waals surface area (Å²) in [6.45, 7) is 1.11. The summed E-state index contributed by atoms with van der Waals surface area (Å²) in [7, 11) is 0. The molecule has 8 heteroatoms. The van der Waals surface area contributed by atoms with E-state index in [0.717, 1.165) is 16.5 Å². The molecule has 0 aliphatic carbocycles. The summed E-state index contributed by atoms with van der Waals surface area (Å²) in [6, 6.07) is 13.2. The predicted molar refractivity (Wildman–Crippen MR) is 110 cm³/mol. The Morgan fingerprint density at radius 2 is 1.73 bits per heavy atom. The number of carbonyl (C=O) groups excluding carboxylic acids is 4. The third-order valence-corrected chi connectivity index (χ3v) is 6.47. The van der Waals surface area contributed by atoms with E-state index in [2.05, 4.69) is 10.6 Å². The number of rotatable bonds is 2. The second-order valence-corrected chi connectivity index (χ2v) is 8.22. The van der Waals surface area contributed by atoms with E-state index in [0.29, 0.717) is 32.5 Å². The van der Waals surface area contributed by atoms with Crippen molar-refractivity contribution in [1.82, 2.24) is 15.5 Å². The Bertz CT molecular complexity index is 1070. The fourth-order valence-electron chi connectivity index (χ4n) is 4.80. The van der Waals surface area contributed by atoms with Crippen LogP contribution in [0.5, 0.6) is 0 Å². The summed E-state index contributed by atoms with van der Waals surface area (Å²) in [4.78, 5) is 52.9. The molecule has 1 unspecified atom stereocenters. The number of nitrogens with one attached hydrogen (secondary N) is 2. The maximum absolute atomic E-state index is 13.1. The van der Waals surface area contributed by atoms with Crippen LogP contribution in [0.25, 0.3) is 10.8 Å². The first kappa shape index (κ1) is 18.6. The highest BCUT2D eigenvalue weighted by Crippen LogP contribution is 2.33. The van der Waals surface area contributed by atoms with E-state index in [-0.39, 0.29) is 24.1 Å². The van der Waals surface area contributed by atoms with Crippen molar-refractivity contribution in [1.29, 1.82) is 0 Å². The van der Waals surface area contributed by atoms with Crippen molar-refractivity contribution in [3.05, 3.63) is 42.5 Å². The summed E-state index contributed by atoms with van der Waals surface area (Å²) >= 11 is 0. The Balaban J connectivity index is 1.30. The molecule has 1 spiro atoms. The zero-order valence-corrected chi connectivity index (χ0v) is 16.4. The minimum absolute atomic E-state index is 0.0550. The maximum atomic E-state index is 13.1. The Hall–Kier alpha value is -3.42. The molecule has 3 aliphatic heterocycles. The minimum atomic E-state index is -0.908. The fourth-order valence-corrected chi connectivity index (χ4v) is 4.80. The van der Waals surface area contributed by atoms with E-state index in [1.54, 1.807) is 9.80 Å². The maximum Gasteiger partial charge on any atom is 0.322 e. The van der Waals surface area contributed by atoms with Gasteiger partial charge in [0.25, 0.3) is 5.91 Å². The van der Waals surface area contributed by atoms with Crippen LogP contribution in [0.15, 0.2) is 42.5 Å². The number of urea groups is 1.